The van der Waals surface area contributed by atoms with Crippen LogP contribution in [0.25, 0.3) is 33.1 Å². The fraction of sp³-hybridized carbons (Fsp3) is 0.222. The lowest BCUT2D eigenvalue weighted by molar-refractivity contribution is 0.670. The highest BCUT2D eigenvalue weighted by molar-refractivity contribution is 7.00. The highest BCUT2D eigenvalue weighted by Gasteiger charge is 2.43. The number of nitrogens with zero attached hydrogens (tertiary/aromatic N) is 2. The zero-order valence-electron chi connectivity index (χ0n) is 34.3. The highest BCUT2D eigenvalue weighted by atomic mass is 16.3. The summed E-state index contributed by atoms with van der Waals surface area (Å²) in [6.45, 7) is 9.22. The van der Waals surface area contributed by atoms with Crippen molar-refractivity contribution in [2.75, 3.05) is 9.80 Å². The Bertz CT molecular complexity index is 2820. The van der Waals surface area contributed by atoms with E-state index in [9.17, 15) is 0 Å². The summed E-state index contributed by atoms with van der Waals surface area (Å²) < 4.78 is 6.67. The van der Waals surface area contributed by atoms with E-state index in [-0.39, 0.29) is 6.71 Å². The maximum Gasteiger partial charge on any atom is 0.252 e. The number of benzene rings is 7. The minimum Gasteiger partial charge on any atom is -0.455 e. The van der Waals surface area contributed by atoms with Crippen LogP contribution in [-0.4, -0.2) is 6.71 Å². The first-order valence-corrected chi connectivity index (χ1v) is 21.7. The minimum absolute atomic E-state index is 0.111. The molecular weight excluding hydrogens is 703 g/mol. The molecule has 3 heterocycles. The molecule has 7 aromatic carbocycles. The van der Waals surface area contributed by atoms with Crippen LogP contribution in [0.2, 0.25) is 0 Å². The summed E-state index contributed by atoms with van der Waals surface area (Å²) in [6, 6.07) is 53.1. The zero-order valence-corrected chi connectivity index (χ0v) is 34.3. The van der Waals surface area contributed by atoms with Crippen LogP contribution in [-0.2, 0) is 25.7 Å². The molecule has 0 fully saturated rings. The molecule has 0 bridgehead atoms. The average molecular weight is 755 g/mol. The number of hydrogen-bond acceptors (Lipinski definition) is 3. The van der Waals surface area contributed by atoms with E-state index >= 15 is 0 Å². The van der Waals surface area contributed by atoms with Gasteiger partial charge in [0.05, 0.1) is 0 Å². The number of anilines is 6. The maximum atomic E-state index is 6.67. The Morgan fingerprint density at radius 1 is 0.448 bits per heavy atom. The monoisotopic (exact) mass is 754 g/mol. The highest BCUT2D eigenvalue weighted by Crippen LogP contribution is 2.46. The van der Waals surface area contributed by atoms with Gasteiger partial charge in [0.15, 0.2) is 0 Å². The van der Waals surface area contributed by atoms with Crippen LogP contribution in [0.5, 0.6) is 0 Å². The third-order valence-electron chi connectivity index (χ3n) is 12.5. The Labute approximate surface area is 344 Å². The predicted octanol–water partition coefficient (Wildman–Crippen LogP) is 13.1. The molecule has 1 aromatic heterocycles. The summed E-state index contributed by atoms with van der Waals surface area (Å²) in [4.78, 5) is 5.09. The number of rotatable bonds is 11. The van der Waals surface area contributed by atoms with E-state index in [4.69, 9.17) is 4.42 Å². The van der Waals surface area contributed by atoms with Gasteiger partial charge in [-0.15, -0.1) is 0 Å². The van der Waals surface area contributed by atoms with E-state index in [2.05, 4.69) is 177 Å². The third kappa shape index (κ3) is 5.96. The molecule has 0 saturated carbocycles. The van der Waals surface area contributed by atoms with Crippen LogP contribution < -0.4 is 26.2 Å². The number of hydrogen-bond donors (Lipinski definition) is 0. The van der Waals surface area contributed by atoms with Gasteiger partial charge in [0, 0.05) is 50.5 Å². The van der Waals surface area contributed by atoms with Crippen molar-refractivity contribution in [3.05, 3.63) is 162 Å². The SMILES string of the molecule is CCCc1ccc(N2c3ccc(CCC)cc3B3c4cc(CCC)ccc4N(c4ccc(CCC)c(-c5cccc6c5oc5ccccc56)c4)c4cccc2c43)cc1. The number of furan rings is 1. The molecule has 286 valence electrons. The van der Waals surface area contributed by atoms with E-state index in [1.807, 2.05) is 0 Å². The van der Waals surface area contributed by atoms with Gasteiger partial charge in [-0.2, -0.15) is 0 Å². The Hall–Kier alpha value is -6.00. The number of para-hydroxylation sites is 2. The van der Waals surface area contributed by atoms with Gasteiger partial charge in [0.25, 0.3) is 6.71 Å². The van der Waals surface area contributed by atoms with Crippen LogP contribution in [0.15, 0.2) is 144 Å². The first-order valence-electron chi connectivity index (χ1n) is 21.7. The van der Waals surface area contributed by atoms with Gasteiger partial charge in [-0.25, -0.2) is 0 Å². The second kappa shape index (κ2) is 15.1. The van der Waals surface area contributed by atoms with Crippen molar-refractivity contribution < 1.29 is 4.42 Å². The first-order chi connectivity index (χ1) is 28.6. The Morgan fingerprint density at radius 3 is 1.69 bits per heavy atom. The fourth-order valence-electron chi connectivity index (χ4n) is 9.99. The van der Waals surface area contributed by atoms with E-state index in [0.29, 0.717) is 0 Å². The molecule has 10 rings (SSSR count). The van der Waals surface area contributed by atoms with Crippen molar-refractivity contribution in [2.24, 2.45) is 0 Å². The lowest BCUT2D eigenvalue weighted by atomic mass is 9.33. The molecule has 3 nitrogen and oxygen atoms in total. The predicted molar refractivity (Wildman–Crippen MR) is 249 cm³/mol. The molecule has 0 saturated heterocycles. The Morgan fingerprint density at radius 2 is 1.02 bits per heavy atom. The molecule has 8 aromatic rings. The van der Waals surface area contributed by atoms with Crippen LogP contribution in [0.1, 0.15) is 75.6 Å². The molecule has 0 aliphatic carbocycles. The lowest BCUT2D eigenvalue weighted by Crippen LogP contribution is -2.61. The first kappa shape index (κ1) is 36.4. The van der Waals surface area contributed by atoms with E-state index in [1.54, 1.807) is 0 Å². The third-order valence-corrected chi connectivity index (χ3v) is 12.5. The quantitative estimate of drug-likeness (QED) is 0.123. The summed E-state index contributed by atoms with van der Waals surface area (Å²) in [6.07, 6.45) is 8.66. The van der Waals surface area contributed by atoms with Gasteiger partial charge in [-0.1, -0.05) is 138 Å². The standard InChI is InChI=1S/C54H51BN2O/c1-5-13-36-23-28-40(29-24-36)56-48-31-25-37(14-6-2)33-46(48)55-47-34-38(15-7-3)26-32-49(47)57(51-21-12-20-50(56)53(51)55)41-30-27-39(16-8-4)45(35-41)44-19-11-18-43-42-17-9-10-22-52(42)58-54(43)44/h9-12,17-35H,5-8,13-16H2,1-4H3. The van der Waals surface area contributed by atoms with E-state index < -0.39 is 0 Å². The topological polar surface area (TPSA) is 19.6 Å². The van der Waals surface area contributed by atoms with Gasteiger partial charge >= 0.3 is 0 Å². The fourth-order valence-corrected chi connectivity index (χ4v) is 9.99. The van der Waals surface area contributed by atoms with Crippen LogP contribution in [0.3, 0.4) is 0 Å². The largest absolute Gasteiger partial charge is 0.455 e. The van der Waals surface area contributed by atoms with Gasteiger partial charge in [0.1, 0.15) is 11.2 Å². The number of fused-ring (bicyclic) bond motifs is 7. The maximum absolute atomic E-state index is 6.67. The van der Waals surface area contributed by atoms with Crippen LogP contribution in [0.4, 0.5) is 34.1 Å². The average Bonchev–Trinajstić information content (AvgIpc) is 3.64. The Kier molecular flexibility index (Phi) is 9.44. The summed E-state index contributed by atoms with van der Waals surface area (Å²) in [5.41, 5.74) is 21.4. The van der Waals surface area contributed by atoms with Crippen molar-refractivity contribution in [1.82, 2.24) is 0 Å². The second-order valence-corrected chi connectivity index (χ2v) is 16.4. The molecular formula is C54H51BN2O. The van der Waals surface area contributed by atoms with Crippen molar-refractivity contribution in [1.29, 1.82) is 0 Å². The summed E-state index contributed by atoms with van der Waals surface area (Å²) in [5, 5.41) is 2.32. The lowest BCUT2D eigenvalue weighted by Gasteiger charge is -2.44. The zero-order chi connectivity index (χ0) is 39.3. The van der Waals surface area contributed by atoms with Gasteiger partial charge < -0.3 is 14.2 Å². The van der Waals surface area contributed by atoms with E-state index in [1.165, 1.54) is 78.3 Å². The van der Waals surface area contributed by atoms with Gasteiger partial charge in [-0.3, -0.25) is 0 Å². The molecule has 0 amide bonds. The molecule has 58 heavy (non-hydrogen) atoms. The number of aryl methyl sites for hydroxylation is 4. The summed E-state index contributed by atoms with van der Waals surface area (Å²) in [5.74, 6) is 0. The van der Waals surface area contributed by atoms with Crippen LogP contribution in [0, 0.1) is 0 Å². The van der Waals surface area contributed by atoms with Crippen molar-refractivity contribution >= 4 is 79.2 Å². The summed E-state index contributed by atoms with van der Waals surface area (Å²) in [7, 11) is 0. The van der Waals surface area contributed by atoms with E-state index in [0.717, 1.165) is 78.9 Å². The normalized spacial score (nSPS) is 12.9. The summed E-state index contributed by atoms with van der Waals surface area (Å²) >= 11 is 0. The van der Waals surface area contributed by atoms with Crippen LogP contribution >= 0.6 is 0 Å². The Balaban J connectivity index is 1.22. The minimum atomic E-state index is 0.111. The molecule has 0 unspecified atom stereocenters. The van der Waals surface area contributed by atoms with Crippen molar-refractivity contribution in [2.45, 2.75) is 79.1 Å². The smallest absolute Gasteiger partial charge is 0.252 e. The molecule has 0 spiro atoms. The molecule has 4 heteroatoms. The van der Waals surface area contributed by atoms with Gasteiger partial charge in [0.2, 0.25) is 0 Å². The molecule has 0 radical (unpaired) electrons. The van der Waals surface area contributed by atoms with Crippen molar-refractivity contribution in [3.63, 3.8) is 0 Å². The molecule has 2 aliphatic rings. The second-order valence-electron chi connectivity index (χ2n) is 16.4. The van der Waals surface area contributed by atoms with Gasteiger partial charge in [-0.05, 0) is 124 Å². The molecule has 0 atom stereocenters. The molecule has 2 aliphatic heterocycles. The van der Waals surface area contributed by atoms with Crippen molar-refractivity contribution in [3.8, 4) is 11.1 Å². The molecule has 0 N–H and O–H groups in total.